The third kappa shape index (κ3) is 3.12. The molecule has 0 spiro atoms. The maximum Gasteiger partial charge on any atom is 0.119 e. The van der Waals surface area contributed by atoms with Crippen molar-refractivity contribution in [3.63, 3.8) is 0 Å². The molecule has 0 aromatic heterocycles. The van der Waals surface area contributed by atoms with Gasteiger partial charge in [-0.25, -0.2) is 0 Å². The minimum atomic E-state index is 0.636. The molecule has 3 heteroatoms. The Hall–Kier alpha value is -0.730. The number of nitrogens with zero attached hydrogens (tertiary/aromatic N) is 1. The van der Waals surface area contributed by atoms with Gasteiger partial charge in [-0.15, -0.1) is 11.6 Å². The summed E-state index contributed by atoms with van der Waals surface area (Å²) in [4.78, 5) is 2.73. The van der Waals surface area contributed by atoms with Gasteiger partial charge in [0.25, 0.3) is 0 Å². The van der Waals surface area contributed by atoms with E-state index in [-0.39, 0.29) is 0 Å². The van der Waals surface area contributed by atoms with E-state index >= 15 is 0 Å². The van der Waals surface area contributed by atoms with Crippen LogP contribution in [0.25, 0.3) is 0 Å². The first-order valence-corrected chi connectivity index (χ1v) is 8.46. The van der Waals surface area contributed by atoms with Crippen LogP contribution in [0.4, 0.5) is 0 Å². The van der Waals surface area contributed by atoms with E-state index < -0.39 is 0 Å². The van der Waals surface area contributed by atoms with Gasteiger partial charge in [-0.2, -0.15) is 0 Å². The summed E-state index contributed by atoms with van der Waals surface area (Å²) >= 11 is 5.66. The lowest BCUT2D eigenvalue weighted by atomic mass is 10.0. The quantitative estimate of drug-likeness (QED) is 0.590. The summed E-state index contributed by atoms with van der Waals surface area (Å²) in [7, 11) is 0. The summed E-state index contributed by atoms with van der Waals surface area (Å²) in [5.41, 5.74) is 1.46. The average molecular weight is 294 g/mol. The van der Waals surface area contributed by atoms with Gasteiger partial charge in [-0.05, 0) is 56.3 Å². The molecule has 2 fully saturated rings. The van der Waals surface area contributed by atoms with Gasteiger partial charge in [0.1, 0.15) is 5.75 Å². The monoisotopic (exact) mass is 293 g/mol. The molecule has 2 nitrogen and oxygen atoms in total. The molecule has 0 saturated carbocycles. The Morgan fingerprint density at radius 1 is 1.10 bits per heavy atom. The molecule has 20 heavy (non-hydrogen) atoms. The Kier molecular flexibility index (Phi) is 4.85. The van der Waals surface area contributed by atoms with Gasteiger partial charge in [-0.3, -0.25) is 4.90 Å². The molecule has 2 aliphatic heterocycles. The van der Waals surface area contributed by atoms with Crippen LogP contribution in [-0.2, 0) is 0 Å². The summed E-state index contributed by atoms with van der Waals surface area (Å²) in [6.45, 7) is 1.99. The smallest absolute Gasteiger partial charge is 0.119 e. The van der Waals surface area contributed by atoms with E-state index in [0.29, 0.717) is 18.5 Å². The van der Waals surface area contributed by atoms with Crippen LogP contribution in [0, 0.1) is 0 Å². The molecule has 1 aromatic carbocycles. The van der Waals surface area contributed by atoms with Crippen LogP contribution >= 0.6 is 11.6 Å². The summed E-state index contributed by atoms with van der Waals surface area (Å²) in [5.74, 6) is 1.63. The molecule has 0 bridgehead atoms. The van der Waals surface area contributed by atoms with Crippen molar-refractivity contribution in [3.05, 3.63) is 29.8 Å². The Morgan fingerprint density at radius 2 is 1.95 bits per heavy atom. The molecule has 110 valence electrons. The normalized spacial score (nSPS) is 26.4. The zero-order valence-corrected chi connectivity index (χ0v) is 12.8. The highest BCUT2D eigenvalue weighted by Gasteiger charge is 2.35. The largest absolute Gasteiger partial charge is 0.494 e. The molecule has 0 unspecified atom stereocenters. The lowest BCUT2D eigenvalue weighted by Gasteiger charge is -2.34. The van der Waals surface area contributed by atoms with Crippen molar-refractivity contribution in [2.24, 2.45) is 0 Å². The number of alkyl halides is 1. The number of fused-ring (bicyclic) bond motifs is 1. The highest BCUT2D eigenvalue weighted by Crippen LogP contribution is 2.40. The van der Waals surface area contributed by atoms with Crippen molar-refractivity contribution < 1.29 is 4.74 Å². The third-order valence-electron chi connectivity index (χ3n) is 4.66. The fourth-order valence-electron chi connectivity index (χ4n) is 3.65. The molecule has 0 amide bonds. The van der Waals surface area contributed by atoms with Crippen LogP contribution in [0.1, 0.15) is 50.1 Å². The highest BCUT2D eigenvalue weighted by molar-refractivity contribution is 6.17. The molecular weight excluding hydrogens is 270 g/mol. The Bertz CT molecular complexity index is 420. The molecule has 3 rings (SSSR count). The molecule has 0 aliphatic carbocycles. The van der Waals surface area contributed by atoms with Crippen molar-refractivity contribution in [2.45, 2.75) is 50.6 Å². The van der Waals surface area contributed by atoms with Crippen molar-refractivity contribution in [3.8, 4) is 5.75 Å². The van der Waals surface area contributed by atoms with E-state index in [9.17, 15) is 0 Å². The zero-order chi connectivity index (χ0) is 13.8. The lowest BCUT2D eigenvalue weighted by Crippen LogP contribution is -2.35. The number of rotatable bonds is 5. The number of halogens is 1. The Balaban J connectivity index is 1.62. The van der Waals surface area contributed by atoms with Gasteiger partial charge >= 0.3 is 0 Å². The van der Waals surface area contributed by atoms with Gasteiger partial charge in [0.05, 0.1) is 6.61 Å². The van der Waals surface area contributed by atoms with Gasteiger partial charge < -0.3 is 4.74 Å². The minimum absolute atomic E-state index is 0.636. The number of benzene rings is 1. The lowest BCUT2D eigenvalue weighted by molar-refractivity contribution is 0.150. The van der Waals surface area contributed by atoms with Gasteiger partial charge in [-0.1, -0.05) is 18.6 Å². The van der Waals surface area contributed by atoms with E-state index in [1.165, 1.54) is 44.2 Å². The number of hydrogen-bond acceptors (Lipinski definition) is 2. The summed E-state index contributed by atoms with van der Waals surface area (Å²) in [6.07, 6.45) is 7.78. The molecule has 1 aromatic rings. The zero-order valence-electron chi connectivity index (χ0n) is 12.1. The average Bonchev–Trinajstić information content (AvgIpc) is 2.92. The second kappa shape index (κ2) is 6.82. The molecule has 2 atom stereocenters. The second-order valence-corrected chi connectivity index (χ2v) is 6.32. The van der Waals surface area contributed by atoms with Crippen LogP contribution in [-0.4, -0.2) is 30.0 Å². The first-order chi connectivity index (χ1) is 9.88. The van der Waals surface area contributed by atoms with Crippen LogP contribution in [0.15, 0.2) is 24.3 Å². The van der Waals surface area contributed by atoms with E-state index in [1.54, 1.807) is 0 Å². The van der Waals surface area contributed by atoms with E-state index in [2.05, 4.69) is 29.2 Å². The minimum Gasteiger partial charge on any atom is -0.494 e. The second-order valence-electron chi connectivity index (χ2n) is 5.94. The SMILES string of the molecule is ClCCCOc1ccc([C@H]2CC[C@H]3CCCCN32)cc1. The number of ether oxygens (including phenoxy) is 1. The fraction of sp³-hybridized carbons (Fsp3) is 0.647. The fourth-order valence-corrected chi connectivity index (χ4v) is 3.76. The summed E-state index contributed by atoms with van der Waals surface area (Å²) in [5, 5.41) is 0. The maximum absolute atomic E-state index is 5.67. The van der Waals surface area contributed by atoms with Crippen LogP contribution in [0.2, 0.25) is 0 Å². The molecule has 0 N–H and O–H groups in total. The van der Waals surface area contributed by atoms with Crippen molar-refractivity contribution >= 4 is 11.6 Å². The van der Waals surface area contributed by atoms with Crippen molar-refractivity contribution in [1.29, 1.82) is 0 Å². The van der Waals surface area contributed by atoms with Crippen molar-refractivity contribution in [1.82, 2.24) is 4.90 Å². The van der Waals surface area contributed by atoms with Crippen LogP contribution in [0.5, 0.6) is 5.75 Å². The van der Waals surface area contributed by atoms with E-state index in [4.69, 9.17) is 16.3 Å². The van der Waals surface area contributed by atoms with Gasteiger partial charge in [0.15, 0.2) is 0 Å². The van der Waals surface area contributed by atoms with Crippen molar-refractivity contribution in [2.75, 3.05) is 19.0 Å². The topological polar surface area (TPSA) is 12.5 Å². The third-order valence-corrected chi connectivity index (χ3v) is 4.93. The summed E-state index contributed by atoms with van der Waals surface area (Å²) < 4.78 is 5.67. The first kappa shape index (κ1) is 14.2. The van der Waals surface area contributed by atoms with Crippen LogP contribution < -0.4 is 4.74 Å². The molecular formula is C17H24ClNO. The Morgan fingerprint density at radius 3 is 2.75 bits per heavy atom. The first-order valence-electron chi connectivity index (χ1n) is 7.93. The molecule has 2 saturated heterocycles. The standard InChI is InChI=1S/C17H24ClNO/c18-11-3-13-20-16-8-5-14(6-9-16)17-10-7-15-4-1-2-12-19(15)17/h5-6,8-9,15,17H,1-4,7,10-13H2/t15-,17-/m1/s1. The van der Waals surface area contributed by atoms with E-state index in [1.807, 2.05) is 0 Å². The number of piperidine rings is 1. The maximum atomic E-state index is 5.67. The highest BCUT2D eigenvalue weighted by atomic mass is 35.5. The number of hydrogen-bond donors (Lipinski definition) is 0. The predicted octanol–water partition coefficient (Wildman–Crippen LogP) is 4.38. The van der Waals surface area contributed by atoms with Crippen LogP contribution in [0.3, 0.4) is 0 Å². The molecule has 2 heterocycles. The predicted molar refractivity (Wildman–Crippen MR) is 83.6 cm³/mol. The van der Waals surface area contributed by atoms with E-state index in [0.717, 1.165) is 18.2 Å². The molecule has 2 aliphatic rings. The molecule has 0 radical (unpaired) electrons. The summed E-state index contributed by atoms with van der Waals surface area (Å²) in [6, 6.07) is 10.2. The van der Waals surface area contributed by atoms with Gasteiger partial charge in [0.2, 0.25) is 0 Å². The van der Waals surface area contributed by atoms with Gasteiger partial charge in [0, 0.05) is 18.0 Å². The Labute approximate surface area is 127 Å².